The molecule has 0 bridgehead atoms. The van der Waals surface area contributed by atoms with Crippen molar-refractivity contribution in [3.05, 3.63) is 29.8 Å². The zero-order valence-corrected chi connectivity index (χ0v) is 14.4. The molecule has 1 rings (SSSR count). The van der Waals surface area contributed by atoms with Crippen LogP contribution < -0.4 is 5.19 Å². The molecule has 0 radical (unpaired) electrons. The molecule has 16 heavy (non-hydrogen) atoms. The van der Waals surface area contributed by atoms with Crippen molar-refractivity contribution < 1.29 is 4.12 Å². The maximum absolute atomic E-state index is 6.21. The lowest BCUT2D eigenvalue weighted by Crippen LogP contribution is -2.56. The molecule has 0 aliphatic carbocycles. The van der Waals surface area contributed by atoms with Crippen LogP contribution >= 0.6 is 0 Å². The van der Waals surface area contributed by atoms with Crippen molar-refractivity contribution in [2.75, 3.05) is 0 Å². The molecular weight excluding hydrogens is 228 g/mol. The van der Waals surface area contributed by atoms with E-state index in [1.54, 1.807) is 0 Å². The zero-order chi connectivity index (χ0) is 12.3. The number of benzene rings is 1. The molecule has 0 fully saturated rings. The Bertz CT molecular complexity index is 340. The van der Waals surface area contributed by atoms with Crippen LogP contribution in [0.3, 0.4) is 0 Å². The lowest BCUT2D eigenvalue weighted by Gasteiger charge is -2.39. The van der Waals surface area contributed by atoms with Gasteiger partial charge < -0.3 is 4.12 Å². The second kappa shape index (κ2) is 5.30. The molecule has 0 unspecified atom stereocenters. The largest absolute Gasteiger partial charge is 0.460 e. The van der Waals surface area contributed by atoms with Crippen molar-refractivity contribution in [1.82, 2.24) is 0 Å². The molecule has 0 saturated carbocycles. The summed E-state index contributed by atoms with van der Waals surface area (Å²) >= 11 is 0. The highest BCUT2D eigenvalue weighted by molar-refractivity contribution is 6.90. The number of aryl methyl sites for hydroxylation is 1. The average Bonchev–Trinajstić information content (AvgIpc) is 2.21. The van der Waals surface area contributed by atoms with Gasteiger partial charge in [-0.2, -0.15) is 0 Å². The molecule has 0 aromatic heterocycles. The molecule has 90 valence electrons. The van der Waals surface area contributed by atoms with Gasteiger partial charge in [0, 0.05) is 0 Å². The third-order valence-corrected chi connectivity index (χ3v) is 11.2. The molecule has 1 aromatic rings. The van der Waals surface area contributed by atoms with Crippen LogP contribution in [0.15, 0.2) is 24.3 Å². The zero-order valence-electron chi connectivity index (χ0n) is 11.4. The fourth-order valence-corrected chi connectivity index (χ4v) is 11.2. The Hall–Kier alpha value is -0.386. The van der Waals surface area contributed by atoms with Crippen molar-refractivity contribution in [1.29, 1.82) is 0 Å². The van der Waals surface area contributed by atoms with Crippen LogP contribution in [0.1, 0.15) is 33.3 Å². The molecular formula is C13H24OSi2. The summed E-state index contributed by atoms with van der Waals surface area (Å²) in [6.45, 7) is 11.5. The summed E-state index contributed by atoms with van der Waals surface area (Å²) in [5.74, 6) is 0. The molecule has 0 atom stereocenters. The SMILES string of the molecule is Cc1ccccc1[Si](O[SiH3])(C(C)C)C(C)C. The summed E-state index contributed by atoms with van der Waals surface area (Å²) in [6, 6.07) is 8.75. The van der Waals surface area contributed by atoms with Gasteiger partial charge in [0.15, 0.2) is 0 Å². The van der Waals surface area contributed by atoms with Crippen LogP contribution in [0.4, 0.5) is 0 Å². The van der Waals surface area contributed by atoms with Crippen LogP contribution in [-0.2, 0) is 4.12 Å². The Labute approximate surface area is 104 Å². The van der Waals surface area contributed by atoms with E-state index in [4.69, 9.17) is 4.12 Å². The van der Waals surface area contributed by atoms with E-state index in [2.05, 4.69) is 58.9 Å². The molecule has 1 nitrogen and oxygen atoms in total. The molecule has 0 heterocycles. The Morgan fingerprint density at radius 3 is 1.94 bits per heavy atom. The third-order valence-electron chi connectivity index (χ3n) is 3.62. The first-order valence-corrected chi connectivity index (χ1v) is 8.96. The van der Waals surface area contributed by atoms with Gasteiger partial charge in [0.25, 0.3) is 0 Å². The first kappa shape index (κ1) is 13.7. The van der Waals surface area contributed by atoms with Gasteiger partial charge in [0.05, 0.1) is 0 Å². The van der Waals surface area contributed by atoms with Crippen LogP contribution in [-0.4, -0.2) is 18.8 Å². The fraction of sp³-hybridized carbons (Fsp3) is 0.538. The molecule has 3 heteroatoms. The van der Waals surface area contributed by atoms with E-state index >= 15 is 0 Å². The van der Waals surface area contributed by atoms with Gasteiger partial charge in [0.2, 0.25) is 8.32 Å². The van der Waals surface area contributed by atoms with Crippen molar-refractivity contribution in [3.63, 3.8) is 0 Å². The Morgan fingerprint density at radius 2 is 1.56 bits per heavy atom. The van der Waals surface area contributed by atoms with Crippen LogP contribution in [0.2, 0.25) is 11.1 Å². The lowest BCUT2D eigenvalue weighted by molar-refractivity contribution is 0.563. The minimum absolute atomic E-state index is 0.631. The molecule has 0 aliphatic rings. The number of rotatable bonds is 4. The molecule has 0 N–H and O–H groups in total. The predicted octanol–water partition coefficient (Wildman–Crippen LogP) is 2.26. The summed E-state index contributed by atoms with van der Waals surface area (Å²) in [5.41, 5.74) is 2.66. The summed E-state index contributed by atoms with van der Waals surface area (Å²) in [4.78, 5) is 0. The highest BCUT2D eigenvalue weighted by atomic mass is 28.4. The van der Waals surface area contributed by atoms with E-state index in [1.165, 1.54) is 10.8 Å². The first-order chi connectivity index (χ1) is 7.46. The van der Waals surface area contributed by atoms with E-state index in [0.717, 1.165) is 10.5 Å². The van der Waals surface area contributed by atoms with Gasteiger partial charge in [-0.1, -0.05) is 52.0 Å². The molecule has 0 amide bonds. The monoisotopic (exact) mass is 252 g/mol. The first-order valence-electron chi connectivity index (χ1n) is 6.08. The van der Waals surface area contributed by atoms with E-state index in [0.29, 0.717) is 11.1 Å². The minimum Gasteiger partial charge on any atom is -0.460 e. The van der Waals surface area contributed by atoms with Crippen molar-refractivity contribution in [2.24, 2.45) is 0 Å². The smallest absolute Gasteiger partial charge is 0.217 e. The molecule has 1 aromatic carbocycles. The van der Waals surface area contributed by atoms with Gasteiger partial charge in [-0.05, 0) is 28.8 Å². The standard InChI is InChI=1S/C13H24OSi2/c1-10(2)16(14-15,11(3)4)13-9-7-6-8-12(13)5/h6-11H,1-5,15H3. The Morgan fingerprint density at radius 1 is 1.06 bits per heavy atom. The van der Waals surface area contributed by atoms with E-state index in [-0.39, 0.29) is 0 Å². The molecule has 0 aliphatic heterocycles. The average molecular weight is 253 g/mol. The predicted molar refractivity (Wildman–Crippen MR) is 77.8 cm³/mol. The van der Waals surface area contributed by atoms with Gasteiger partial charge in [-0.15, -0.1) is 0 Å². The molecule has 0 spiro atoms. The van der Waals surface area contributed by atoms with Crippen LogP contribution in [0.25, 0.3) is 0 Å². The van der Waals surface area contributed by atoms with Gasteiger partial charge in [0.1, 0.15) is 10.5 Å². The minimum atomic E-state index is -1.78. The van der Waals surface area contributed by atoms with Crippen molar-refractivity contribution >= 4 is 24.0 Å². The maximum atomic E-state index is 6.21. The summed E-state index contributed by atoms with van der Waals surface area (Å²) in [5, 5.41) is 1.50. The number of hydrogen-bond donors (Lipinski definition) is 0. The van der Waals surface area contributed by atoms with Gasteiger partial charge in [-0.3, -0.25) is 0 Å². The van der Waals surface area contributed by atoms with E-state index < -0.39 is 8.32 Å². The number of hydrogen-bond acceptors (Lipinski definition) is 1. The Balaban J connectivity index is 3.37. The second-order valence-electron chi connectivity index (χ2n) is 5.12. The van der Waals surface area contributed by atoms with E-state index in [9.17, 15) is 0 Å². The van der Waals surface area contributed by atoms with Crippen molar-refractivity contribution in [2.45, 2.75) is 45.7 Å². The second-order valence-corrected chi connectivity index (χ2v) is 11.2. The van der Waals surface area contributed by atoms with Crippen LogP contribution in [0, 0.1) is 6.92 Å². The highest BCUT2D eigenvalue weighted by Crippen LogP contribution is 2.32. The maximum Gasteiger partial charge on any atom is 0.217 e. The third kappa shape index (κ3) is 2.17. The topological polar surface area (TPSA) is 9.23 Å². The van der Waals surface area contributed by atoms with Gasteiger partial charge in [-0.25, -0.2) is 0 Å². The quantitative estimate of drug-likeness (QED) is 0.747. The normalized spacial score (nSPS) is 12.7. The highest BCUT2D eigenvalue weighted by Gasteiger charge is 2.43. The summed E-state index contributed by atoms with van der Waals surface area (Å²) in [6.07, 6.45) is 0. The van der Waals surface area contributed by atoms with Crippen molar-refractivity contribution in [3.8, 4) is 0 Å². The van der Waals surface area contributed by atoms with Crippen LogP contribution in [0.5, 0.6) is 0 Å². The molecule has 0 saturated heterocycles. The summed E-state index contributed by atoms with van der Waals surface area (Å²) in [7, 11) is -0.947. The van der Waals surface area contributed by atoms with E-state index in [1.807, 2.05) is 0 Å². The summed E-state index contributed by atoms with van der Waals surface area (Å²) < 4.78 is 6.21. The Kier molecular flexibility index (Phi) is 4.53. The fourth-order valence-electron chi connectivity index (χ4n) is 2.88. The van der Waals surface area contributed by atoms with Gasteiger partial charge >= 0.3 is 0 Å². The lowest BCUT2D eigenvalue weighted by atomic mass is 10.2.